The van der Waals surface area contributed by atoms with Crippen LogP contribution < -0.4 is 0 Å². The van der Waals surface area contributed by atoms with Gasteiger partial charge in [0.25, 0.3) is 0 Å². The smallest absolute Gasteiger partial charge is 0.123 e. The quantitative estimate of drug-likeness (QED) is 0.755. The zero-order valence-corrected chi connectivity index (χ0v) is 13.2. The summed E-state index contributed by atoms with van der Waals surface area (Å²) in [6.45, 7) is 5.94. The first-order chi connectivity index (χ1) is 10.5. The van der Waals surface area contributed by atoms with Crippen molar-refractivity contribution in [3.63, 3.8) is 0 Å². The van der Waals surface area contributed by atoms with Gasteiger partial charge in [0.05, 0.1) is 0 Å². The minimum absolute atomic E-state index is 0.0828. The number of aromatic hydroxyl groups is 2. The number of hydrogen-bond acceptors (Lipinski definition) is 2. The average molecular weight is 294 g/mol. The van der Waals surface area contributed by atoms with Crippen molar-refractivity contribution in [3.8, 4) is 11.5 Å². The Kier molecular flexibility index (Phi) is 5.05. The van der Waals surface area contributed by atoms with Crippen LogP contribution in [0.25, 0.3) is 12.2 Å². The number of benzene rings is 2. The van der Waals surface area contributed by atoms with Crippen molar-refractivity contribution >= 4 is 12.2 Å². The lowest BCUT2D eigenvalue weighted by Crippen LogP contribution is -1.90. The highest BCUT2D eigenvalue weighted by Crippen LogP contribution is 2.35. The van der Waals surface area contributed by atoms with E-state index in [-0.39, 0.29) is 17.4 Å². The van der Waals surface area contributed by atoms with E-state index in [9.17, 15) is 10.2 Å². The lowest BCUT2D eigenvalue weighted by atomic mass is 9.99. The first-order valence-electron chi connectivity index (χ1n) is 7.44. The maximum Gasteiger partial charge on any atom is 0.123 e. The van der Waals surface area contributed by atoms with Crippen LogP contribution >= 0.6 is 0 Å². The summed E-state index contributed by atoms with van der Waals surface area (Å²) in [6, 6.07) is 11.6. The fourth-order valence-electron chi connectivity index (χ4n) is 2.34. The van der Waals surface area contributed by atoms with E-state index >= 15 is 0 Å². The van der Waals surface area contributed by atoms with E-state index in [2.05, 4.69) is 31.2 Å². The van der Waals surface area contributed by atoms with Crippen molar-refractivity contribution in [1.82, 2.24) is 0 Å². The van der Waals surface area contributed by atoms with Gasteiger partial charge in [-0.1, -0.05) is 68.0 Å². The summed E-state index contributed by atoms with van der Waals surface area (Å²) in [6.07, 6.45) is 7.70. The second kappa shape index (κ2) is 6.99. The Morgan fingerprint density at radius 3 is 1.82 bits per heavy atom. The Bertz CT molecular complexity index is 669. The molecule has 2 heteroatoms. The molecule has 2 aromatic carbocycles. The fraction of sp³-hybridized carbons (Fsp3) is 0.200. The molecule has 0 unspecified atom stereocenters. The van der Waals surface area contributed by atoms with Gasteiger partial charge >= 0.3 is 0 Å². The fourth-order valence-corrected chi connectivity index (χ4v) is 2.34. The molecule has 0 heterocycles. The van der Waals surface area contributed by atoms with Crippen LogP contribution in [0.1, 0.15) is 42.0 Å². The van der Waals surface area contributed by atoms with Crippen LogP contribution in [0.15, 0.2) is 48.6 Å². The van der Waals surface area contributed by atoms with Gasteiger partial charge in [-0.25, -0.2) is 0 Å². The van der Waals surface area contributed by atoms with Crippen molar-refractivity contribution in [3.05, 3.63) is 70.8 Å². The summed E-state index contributed by atoms with van der Waals surface area (Å²) in [5, 5.41) is 20.0. The van der Waals surface area contributed by atoms with Crippen molar-refractivity contribution in [2.45, 2.75) is 26.7 Å². The molecule has 2 nitrogen and oxygen atoms in total. The van der Waals surface area contributed by atoms with Gasteiger partial charge in [-0.2, -0.15) is 0 Å². The molecule has 2 rings (SSSR count). The Morgan fingerprint density at radius 2 is 1.32 bits per heavy atom. The number of aryl methyl sites for hydroxylation is 1. The molecule has 0 spiro atoms. The lowest BCUT2D eigenvalue weighted by molar-refractivity contribution is 0.433. The summed E-state index contributed by atoms with van der Waals surface area (Å²) < 4.78 is 0. The third-order valence-corrected chi connectivity index (χ3v) is 3.50. The molecule has 0 saturated carbocycles. The monoisotopic (exact) mass is 294 g/mol. The van der Waals surface area contributed by atoms with Gasteiger partial charge in [0.1, 0.15) is 11.5 Å². The van der Waals surface area contributed by atoms with E-state index in [4.69, 9.17) is 0 Å². The molecular weight excluding hydrogens is 272 g/mol. The first kappa shape index (κ1) is 15.9. The van der Waals surface area contributed by atoms with Crippen molar-refractivity contribution in [2.75, 3.05) is 0 Å². The third kappa shape index (κ3) is 4.01. The van der Waals surface area contributed by atoms with Gasteiger partial charge in [-0.15, -0.1) is 0 Å². The molecule has 2 N–H and O–H groups in total. The number of phenolic OH excluding ortho intramolecular Hbond substituents is 2. The van der Waals surface area contributed by atoms with Gasteiger partial charge in [-0.3, -0.25) is 0 Å². The molecule has 0 saturated heterocycles. The van der Waals surface area contributed by atoms with Crippen LogP contribution in [0.2, 0.25) is 0 Å². The zero-order chi connectivity index (χ0) is 16.1. The molecule has 0 aromatic heterocycles. The molecule has 22 heavy (non-hydrogen) atoms. The van der Waals surface area contributed by atoms with E-state index in [1.54, 1.807) is 12.1 Å². The SMILES string of the molecule is Cc1ccc(/C=C/C=C/c2cc(O)c(C(C)C)c(O)c2)cc1. The summed E-state index contributed by atoms with van der Waals surface area (Å²) in [5.74, 6) is 0.355. The molecule has 0 aliphatic heterocycles. The van der Waals surface area contributed by atoms with Gasteiger partial charge < -0.3 is 10.2 Å². The van der Waals surface area contributed by atoms with E-state index in [0.29, 0.717) is 5.56 Å². The molecule has 2 aromatic rings. The van der Waals surface area contributed by atoms with E-state index in [1.807, 2.05) is 38.2 Å². The Morgan fingerprint density at radius 1 is 0.818 bits per heavy atom. The van der Waals surface area contributed by atoms with Crippen LogP contribution in [0.4, 0.5) is 0 Å². The largest absolute Gasteiger partial charge is 0.507 e. The molecule has 0 amide bonds. The van der Waals surface area contributed by atoms with Crippen LogP contribution in [-0.4, -0.2) is 10.2 Å². The van der Waals surface area contributed by atoms with Crippen LogP contribution in [0, 0.1) is 6.92 Å². The summed E-state index contributed by atoms with van der Waals surface area (Å²) in [4.78, 5) is 0. The number of allylic oxidation sites excluding steroid dienone is 2. The van der Waals surface area contributed by atoms with E-state index < -0.39 is 0 Å². The van der Waals surface area contributed by atoms with Gasteiger partial charge in [-0.05, 0) is 36.1 Å². The molecule has 0 aliphatic carbocycles. The van der Waals surface area contributed by atoms with Gasteiger partial charge in [0.2, 0.25) is 0 Å². The topological polar surface area (TPSA) is 40.5 Å². The van der Waals surface area contributed by atoms with Crippen molar-refractivity contribution < 1.29 is 10.2 Å². The normalized spacial score (nSPS) is 11.8. The maximum atomic E-state index is 9.99. The molecule has 0 aliphatic rings. The Balaban J connectivity index is 2.12. The van der Waals surface area contributed by atoms with Crippen LogP contribution in [-0.2, 0) is 0 Å². The summed E-state index contributed by atoms with van der Waals surface area (Å²) in [7, 11) is 0. The number of phenols is 2. The van der Waals surface area contributed by atoms with Gasteiger partial charge in [0.15, 0.2) is 0 Å². The number of rotatable bonds is 4. The highest BCUT2D eigenvalue weighted by Gasteiger charge is 2.12. The second-order valence-electron chi connectivity index (χ2n) is 5.76. The van der Waals surface area contributed by atoms with Crippen molar-refractivity contribution in [2.24, 2.45) is 0 Å². The Hall–Kier alpha value is -2.48. The van der Waals surface area contributed by atoms with E-state index in [1.165, 1.54) is 5.56 Å². The van der Waals surface area contributed by atoms with Crippen molar-refractivity contribution in [1.29, 1.82) is 0 Å². The molecule has 0 atom stereocenters. The summed E-state index contributed by atoms with van der Waals surface area (Å²) >= 11 is 0. The molecule has 114 valence electrons. The standard InChI is InChI=1S/C20H22O2/c1-14(2)20-18(21)12-17(13-19(20)22)7-5-4-6-16-10-8-15(3)9-11-16/h4-14,21-22H,1-3H3/b6-4+,7-5+. The first-order valence-corrected chi connectivity index (χ1v) is 7.44. The maximum absolute atomic E-state index is 9.99. The average Bonchev–Trinajstić information content (AvgIpc) is 2.44. The highest BCUT2D eigenvalue weighted by molar-refractivity contribution is 5.61. The van der Waals surface area contributed by atoms with Gasteiger partial charge in [0, 0.05) is 5.56 Å². The van der Waals surface area contributed by atoms with Crippen LogP contribution in [0.5, 0.6) is 11.5 Å². The predicted molar refractivity (Wildman–Crippen MR) is 93.1 cm³/mol. The number of hydrogen-bond donors (Lipinski definition) is 2. The molecule has 0 radical (unpaired) electrons. The highest BCUT2D eigenvalue weighted by atomic mass is 16.3. The minimum atomic E-state index is 0.0828. The molecule has 0 fully saturated rings. The van der Waals surface area contributed by atoms with E-state index in [0.717, 1.165) is 11.1 Å². The minimum Gasteiger partial charge on any atom is -0.507 e. The molecular formula is C20H22O2. The lowest BCUT2D eigenvalue weighted by Gasteiger charge is -2.11. The molecule has 0 bridgehead atoms. The van der Waals surface area contributed by atoms with Crippen LogP contribution in [0.3, 0.4) is 0 Å². The zero-order valence-electron chi connectivity index (χ0n) is 13.2. The predicted octanol–water partition coefficient (Wildman–Crippen LogP) is 5.26. The third-order valence-electron chi connectivity index (χ3n) is 3.50. The second-order valence-corrected chi connectivity index (χ2v) is 5.76. The summed E-state index contributed by atoms with van der Waals surface area (Å²) in [5.41, 5.74) is 3.74. The Labute approximate surface area is 132 Å².